The summed E-state index contributed by atoms with van der Waals surface area (Å²) >= 11 is 0.473. The molecular weight excluding hydrogens is 315 g/mol. The zero-order valence-corrected chi connectivity index (χ0v) is 12.5. The minimum absolute atomic E-state index is 0.0645. The number of benzene rings is 1. The number of hydrogen-bond donors (Lipinski definition) is 2. The van der Waals surface area contributed by atoms with Crippen molar-refractivity contribution in [1.82, 2.24) is 10.3 Å². The molecule has 8 heteroatoms. The van der Waals surface area contributed by atoms with Gasteiger partial charge in [-0.2, -0.15) is 13.2 Å². The molecule has 118 valence electrons. The molecule has 1 unspecified atom stereocenters. The van der Waals surface area contributed by atoms with Gasteiger partial charge >= 0.3 is 6.18 Å². The smallest absolute Gasteiger partial charge is 0.350 e. The fraction of sp³-hybridized carbons (Fsp3) is 0.286. The summed E-state index contributed by atoms with van der Waals surface area (Å²) in [5.74, 6) is -0.312. The number of anilines is 1. The van der Waals surface area contributed by atoms with Crippen LogP contribution in [0.4, 0.5) is 18.3 Å². The van der Waals surface area contributed by atoms with E-state index >= 15 is 0 Å². The van der Waals surface area contributed by atoms with Gasteiger partial charge in [0.05, 0.1) is 6.20 Å². The minimum Gasteiger partial charge on any atom is -0.350 e. The van der Waals surface area contributed by atoms with E-state index in [1.54, 1.807) is 6.92 Å². The lowest BCUT2D eigenvalue weighted by atomic mass is 10.2. The predicted molar refractivity (Wildman–Crippen MR) is 78.5 cm³/mol. The van der Waals surface area contributed by atoms with Crippen molar-refractivity contribution in [1.29, 1.82) is 0 Å². The first-order valence-electron chi connectivity index (χ1n) is 6.47. The molecule has 2 aromatic rings. The van der Waals surface area contributed by atoms with Gasteiger partial charge in [-0.1, -0.05) is 41.7 Å². The van der Waals surface area contributed by atoms with Crippen molar-refractivity contribution in [3.63, 3.8) is 0 Å². The Bertz CT molecular complexity index is 628. The number of rotatable bonds is 5. The van der Waals surface area contributed by atoms with Crippen LogP contribution in [0, 0.1) is 0 Å². The third-order valence-corrected chi connectivity index (χ3v) is 3.80. The second kappa shape index (κ2) is 6.78. The number of carbonyl (C=O) groups is 1. The summed E-state index contributed by atoms with van der Waals surface area (Å²) in [6, 6.07) is 8.64. The molecule has 0 saturated carbocycles. The molecule has 0 aliphatic heterocycles. The lowest BCUT2D eigenvalue weighted by molar-refractivity contribution is -0.134. The average Bonchev–Trinajstić information content (AvgIpc) is 2.94. The van der Waals surface area contributed by atoms with Gasteiger partial charge in [-0.05, 0) is 12.5 Å². The molecule has 1 amide bonds. The first-order valence-corrected chi connectivity index (χ1v) is 7.29. The highest BCUT2D eigenvalue weighted by Gasteiger charge is 2.33. The Kier molecular flexibility index (Phi) is 5.02. The number of aromatic nitrogens is 1. The second-order valence-electron chi connectivity index (χ2n) is 4.60. The first kappa shape index (κ1) is 16.3. The highest BCUT2D eigenvalue weighted by molar-refractivity contribution is 7.15. The summed E-state index contributed by atoms with van der Waals surface area (Å²) in [6.07, 6.45) is -3.67. The van der Waals surface area contributed by atoms with Crippen LogP contribution in [0.2, 0.25) is 0 Å². The molecule has 0 saturated heterocycles. The van der Waals surface area contributed by atoms with E-state index in [0.29, 0.717) is 17.9 Å². The third kappa shape index (κ3) is 4.45. The number of halogens is 3. The van der Waals surface area contributed by atoms with Crippen molar-refractivity contribution < 1.29 is 18.0 Å². The van der Waals surface area contributed by atoms with E-state index in [2.05, 4.69) is 15.6 Å². The maximum atomic E-state index is 12.5. The normalized spacial score (nSPS) is 12.7. The van der Waals surface area contributed by atoms with E-state index in [4.69, 9.17) is 0 Å². The van der Waals surface area contributed by atoms with Crippen molar-refractivity contribution >= 4 is 22.4 Å². The number of nitrogens with one attached hydrogen (secondary N) is 2. The highest BCUT2D eigenvalue weighted by atomic mass is 32.1. The van der Waals surface area contributed by atoms with Crippen LogP contribution in [0.1, 0.15) is 17.4 Å². The monoisotopic (exact) mass is 329 g/mol. The van der Waals surface area contributed by atoms with Crippen molar-refractivity contribution in [2.75, 3.05) is 5.32 Å². The Hall–Kier alpha value is -2.09. The molecule has 0 aliphatic carbocycles. The van der Waals surface area contributed by atoms with Gasteiger partial charge in [0.15, 0.2) is 5.13 Å². The van der Waals surface area contributed by atoms with Crippen molar-refractivity contribution in [3.8, 4) is 0 Å². The molecule has 0 radical (unpaired) electrons. The summed E-state index contributed by atoms with van der Waals surface area (Å²) in [5.41, 5.74) is 0.941. The van der Waals surface area contributed by atoms with Crippen LogP contribution < -0.4 is 10.6 Å². The molecule has 0 fully saturated rings. The van der Waals surface area contributed by atoms with Crippen LogP contribution in [0.5, 0.6) is 0 Å². The zero-order chi connectivity index (χ0) is 16.2. The summed E-state index contributed by atoms with van der Waals surface area (Å²) in [6.45, 7) is 1.92. The lowest BCUT2D eigenvalue weighted by Gasteiger charge is -2.13. The van der Waals surface area contributed by atoms with Crippen LogP contribution in [-0.2, 0) is 17.5 Å². The third-order valence-electron chi connectivity index (χ3n) is 2.83. The van der Waals surface area contributed by atoms with Gasteiger partial charge < -0.3 is 10.6 Å². The number of thiazole rings is 1. The van der Waals surface area contributed by atoms with Crippen molar-refractivity contribution in [2.24, 2.45) is 0 Å². The molecule has 2 rings (SSSR count). The van der Waals surface area contributed by atoms with Gasteiger partial charge in [-0.3, -0.25) is 4.79 Å². The van der Waals surface area contributed by atoms with Crippen molar-refractivity contribution in [3.05, 3.63) is 47.0 Å². The molecule has 4 nitrogen and oxygen atoms in total. The summed E-state index contributed by atoms with van der Waals surface area (Å²) in [4.78, 5) is 14.7. The predicted octanol–water partition coefficient (Wildman–Crippen LogP) is 3.28. The van der Waals surface area contributed by atoms with Crippen LogP contribution in [0.15, 0.2) is 36.5 Å². The van der Waals surface area contributed by atoms with Gasteiger partial charge in [-0.25, -0.2) is 4.98 Å². The Morgan fingerprint density at radius 3 is 2.59 bits per heavy atom. The second-order valence-corrected chi connectivity index (χ2v) is 5.63. The maximum absolute atomic E-state index is 12.5. The standard InChI is InChI=1S/C14H14F3N3OS/c1-9(12(21)18-7-10-5-3-2-4-6-10)20-13-19-8-11(22-13)14(15,16)17/h2-6,8-9H,7H2,1H3,(H,18,21)(H,19,20). The van der Waals surface area contributed by atoms with E-state index in [9.17, 15) is 18.0 Å². The molecule has 1 aromatic carbocycles. The molecule has 1 atom stereocenters. The van der Waals surface area contributed by atoms with Crippen LogP contribution in [0.3, 0.4) is 0 Å². The molecule has 0 bridgehead atoms. The number of nitrogens with zero attached hydrogens (tertiary/aromatic N) is 1. The van der Waals surface area contributed by atoms with E-state index in [0.717, 1.165) is 11.8 Å². The van der Waals surface area contributed by atoms with E-state index in [-0.39, 0.29) is 11.0 Å². The average molecular weight is 329 g/mol. The van der Waals surface area contributed by atoms with Crippen LogP contribution >= 0.6 is 11.3 Å². The first-order chi connectivity index (χ1) is 10.4. The Balaban J connectivity index is 1.87. The summed E-state index contributed by atoms with van der Waals surface area (Å²) in [7, 11) is 0. The Morgan fingerprint density at radius 1 is 1.32 bits per heavy atom. The number of alkyl halides is 3. The topological polar surface area (TPSA) is 54.0 Å². The van der Waals surface area contributed by atoms with Crippen molar-refractivity contribution in [2.45, 2.75) is 25.7 Å². The molecule has 0 spiro atoms. The fourth-order valence-corrected chi connectivity index (χ4v) is 2.43. The fourth-order valence-electron chi connectivity index (χ4n) is 1.66. The molecule has 1 heterocycles. The molecular formula is C14H14F3N3OS. The summed E-state index contributed by atoms with van der Waals surface area (Å²) in [5, 5.41) is 5.44. The molecule has 1 aromatic heterocycles. The van der Waals surface area contributed by atoms with Gasteiger partial charge in [0.2, 0.25) is 5.91 Å². The number of carbonyl (C=O) groups excluding carboxylic acids is 1. The molecule has 0 aliphatic rings. The Morgan fingerprint density at radius 2 is 2.00 bits per heavy atom. The van der Waals surface area contributed by atoms with Crippen LogP contribution in [-0.4, -0.2) is 16.9 Å². The highest BCUT2D eigenvalue weighted by Crippen LogP contribution is 2.35. The zero-order valence-electron chi connectivity index (χ0n) is 11.6. The van der Waals surface area contributed by atoms with Gasteiger partial charge in [0.25, 0.3) is 0 Å². The minimum atomic E-state index is -4.42. The number of amides is 1. The van der Waals surface area contributed by atoms with Crippen LogP contribution in [0.25, 0.3) is 0 Å². The van der Waals surface area contributed by atoms with Gasteiger partial charge in [0, 0.05) is 6.54 Å². The van der Waals surface area contributed by atoms with Gasteiger partial charge in [0.1, 0.15) is 10.9 Å². The maximum Gasteiger partial charge on any atom is 0.427 e. The summed E-state index contributed by atoms with van der Waals surface area (Å²) < 4.78 is 37.4. The largest absolute Gasteiger partial charge is 0.427 e. The van der Waals surface area contributed by atoms with Gasteiger partial charge in [-0.15, -0.1) is 0 Å². The van der Waals surface area contributed by atoms with E-state index < -0.39 is 17.1 Å². The van der Waals surface area contributed by atoms with E-state index in [1.807, 2.05) is 30.3 Å². The lowest BCUT2D eigenvalue weighted by Crippen LogP contribution is -2.37. The SMILES string of the molecule is CC(Nc1ncc(C(F)(F)F)s1)C(=O)NCc1ccccc1. The molecule has 22 heavy (non-hydrogen) atoms. The Labute approximate surface area is 129 Å². The molecule has 2 N–H and O–H groups in total. The van der Waals surface area contributed by atoms with E-state index in [1.165, 1.54) is 0 Å². The quantitative estimate of drug-likeness (QED) is 0.885. The number of hydrogen-bond acceptors (Lipinski definition) is 4.